The molecule has 0 radical (unpaired) electrons. The fourth-order valence-electron chi connectivity index (χ4n) is 3.02. The Morgan fingerprint density at radius 1 is 1.47 bits per heavy atom. The average Bonchev–Trinajstić information content (AvgIpc) is 1.88. The zero-order chi connectivity index (χ0) is 11.1. The van der Waals surface area contributed by atoms with E-state index < -0.39 is 5.97 Å². The van der Waals surface area contributed by atoms with Crippen molar-refractivity contribution < 1.29 is 14.6 Å². The highest BCUT2D eigenvalue weighted by molar-refractivity contribution is 5.67. The molecule has 1 N–H and O–H groups in total. The number of carboxylic acid groups (broad SMARTS) is 1. The second-order valence-corrected chi connectivity index (χ2v) is 5.73. The molecule has 0 atom stereocenters. The van der Waals surface area contributed by atoms with E-state index in [2.05, 4.69) is 13.8 Å². The van der Waals surface area contributed by atoms with Crippen molar-refractivity contribution >= 4 is 5.97 Å². The van der Waals surface area contributed by atoms with Crippen molar-refractivity contribution in [1.29, 1.82) is 0 Å². The lowest BCUT2D eigenvalue weighted by Gasteiger charge is -2.59. The highest BCUT2D eigenvalue weighted by Crippen LogP contribution is 2.57. The zero-order valence-corrected chi connectivity index (χ0v) is 9.58. The summed E-state index contributed by atoms with van der Waals surface area (Å²) < 4.78 is 5.37. The maximum atomic E-state index is 10.9. The third-order valence-electron chi connectivity index (χ3n) is 4.55. The van der Waals surface area contributed by atoms with E-state index in [9.17, 15) is 4.79 Å². The average molecular weight is 212 g/mol. The topological polar surface area (TPSA) is 46.5 Å². The van der Waals surface area contributed by atoms with E-state index >= 15 is 0 Å². The number of rotatable bonds is 4. The highest BCUT2D eigenvalue weighted by atomic mass is 16.5. The number of hydrogen-bond acceptors (Lipinski definition) is 2. The molecule has 0 bridgehead atoms. The fourth-order valence-corrected chi connectivity index (χ4v) is 3.02. The van der Waals surface area contributed by atoms with Gasteiger partial charge in [0.15, 0.2) is 0 Å². The van der Waals surface area contributed by atoms with Crippen LogP contribution in [0.3, 0.4) is 0 Å². The number of aliphatic carboxylic acids is 1. The van der Waals surface area contributed by atoms with E-state index in [1.807, 2.05) is 0 Å². The summed E-state index contributed by atoms with van der Waals surface area (Å²) >= 11 is 0. The van der Waals surface area contributed by atoms with Crippen molar-refractivity contribution in [2.45, 2.75) is 39.5 Å². The van der Waals surface area contributed by atoms with Crippen molar-refractivity contribution in [3.8, 4) is 0 Å². The van der Waals surface area contributed by atoms with Gasteiger partial charge in [-0.1, -0.05) is 20.3 Å². The summed E-state index contributed by atoms with van der Waals surface area (Å²) in [5, 5.41) is 8.96. The van der Waals surface area contributed by atoms with Crippen molar-refractivity contribution in [1.82, 2.24) is 0 Å². The van der Waals surface area contributed by atoms with Crippen molar-refractivity contribution in [2.24, 2.45) is 16.7 Å². The van der Waals surface area contributed by atoms with Crippen LogP contribution in [-0.4, -0.2) is 24.3 Å². The molecular formula is C12H20O3. The van der Waals surface area contributed by atoms with Crippen molar-refractivity contribution in [3.63, 3.8) is 0 Å². The van der Waals surface area contributed by atoms with Crippen LogP contribution >= 0.6 is 0 Å². The Labute approximate surface area is 90.8 Å². The minimum atomic E-state index is -0.689. The van der Waals surface area contributed by atoms with E-state index in [0.717, 1.165) is 13.2 Å². The SMILES string of the molecule is CC(C)(CC(=O)O)C1(C2CCC2)COC1. The molecule has 86 valence electrons. The summed E-state index contributed by atoms with van der Waals surface area (Å²) in [6.45, 7) is 5.69. The predicted octanol–water partition coefficient (Wildman–Crippen LogP) is 2.30. The summed E-state index contributed by atoms with van der Waals surface area (Å²) in [6, 6.07) is 0. The van der Waals surface area contributed by atoms with Crippen LogP contribution in [0.2, 0.25) is 0 Å². The normalized spacial score (nSPS) is 25.5. The van der Waals surface area contributed by atoms with Gasteiger partial charge in [0.05, 0.1) is 19.6 Å². The van der Waals surface area contributed by atoms with Gasteiger partial charge in [-0.15, -0.1) is 0 Å². The van der Waals surface area contributed by atoms with Crippen LogP contribution < -0.4 is 0 Å². The first-order chi connectivity index (χ1) is 6.98. The molecule has 0 unspecified atom stereocenters. The Balaban J connectivity index is 2.13. The summed E-state index contributed by atoms with van der Waals surface area (Å²) in [6.07, 6.45) is 4.07. The van der Waals surface area contributed by atoms with Gasteiger partial charge in [0.25, 0.3) is 0 Å². The lowest BCUT2D eigenvalue weighted by molar-refractivity contribution is -0.224. The molecule has 0 aromatic rings. The van der Waals surface area contributed by atoms with Crippen LogP contribution in [0.25, 0.3) is 0 Å². The van der Waals surface area contributed by atoms with Crippen LogP contribution in [0.5, 0.6) is 0 Å². The molecule has 1 saturated heterocycles. The molecular weight excluding hydrogens is 192 g/mol. The molecule has 1 heterocycles. The number of carboxylic acids is 1. The summed E-state index contributed by atoms with van der Waals surface area (Å²) in [5.41, 5.74) is 0.00576. The maximum Gasteiger partial charge on any atom is 0.303 e. The molecule has 3 nitrogen and oxygen atoms in total. The van der Waals surface area contributed by atoms with Crippen molar-refractivity contribution in [3.05, 3.63) is 0 Å². The molecule has 0 aromatic heterocycles. The second-order valence-electron chi connectivity index (χ2n) is 5.73. The quantitative estimate of drug-likeness (QED) is 0.777. The Bertz CT molecular complexity index is 262. The van der Waals surface area contributed by atoms with Gasteiger partial charge in [-0.3, -0.25) is 4.79 Å². The van der Waals surface area contributed by atoms with E-state index in [1.54, 1.807) is 0 Å². The Morgan fingerprint density at radius 3 is 2.33 bits per heavy atom. The standard InChI is InChI=1S/C12H20O3/c1-11(2,6-10(13)14)12(7-15-8-12)9-4-3-5-9/h9H,3-8H2,1-2H3,(H,13,14). The smallest absolute Gasteiger partial charge is 0.303 e. The van der Waals surface area contributed by atoms with Crippen LogP contribution in [0.15, 0.2) is 0 Å². The van der Waals surface area contributed by atoms with Crippen LogP contribution in [0.1, 0.15) is 39.5 Å². The highest BCUT2D eigenvalue weighted by Gasteiger charge is 2.57. The third-order valence-corrected chi connectivity index (χ3v) is 4.55. The molecule has 2 fully saturated rings. The number of ether oxygens (including phenoxy) is 1. The van der Waals surface area contributed by atoms with E-state index in [1.165, 1.54) is 19.3 Å². The van der Waals surface area contributed by atoms with Gasteiger partial charge in [-0.05, 0) is 24.2 Å². The lowest BCUT2D eigenvalue weighted by Crippen LogP contribution is -2.59. The summed E-state index contributed by atoms with van der Waals surface area (Å²) in [4.78, 5) is 10.9. The van der Waals surface area contributed by atoms with E-state index in [4.69, 9.17) is 9.84 Å². The first-order valence-corrected chi connectivity index (χ1v) is 5.77. The van der Waals surface area contributed by atoms with Gasteiger partial charge in [0, 0.05) is 5.41 Å². The minimum absolute atomic E-state index is 0.137. The van der Waals surface area contributed by atoms with Gasteiger partial charge in [0.1, 0.15) is 0 Å². The molecule has 3 heteroatoms. The molecule has 1 saturated carbocycles. The Morgan fingerprint density at radius 2 is 2.07 bits per heavy atom. The predicted molar refractivity (Wildman–Crippen MR) is 56.6 cm³/mol. The van der Waals surface area contributed by atoms with Crippen LogP contribution in [0, 0.1) is 16.7 Å². The maximum absolute atomic E-state index is 10.9. The Hall–Kier alpha value is -0.570. The van der Waals surface area contributed by atoms with Gasteiger partial charge in [-0.25, -0.2) is 0 Å². The third kappa shape index (κ3) is 1.57. The number of carbonyl (C=O) groups is 1. The molecule has 1 aliphatic heterocycles. The van der Waals surface area contributed by atoms with Gasteiger partial charge < -0.3 is 9.84 Å². The second kappa shape index (κ2) is 3.48. The monoisotopic (exact) mass is 212 g/mol. The van der Waals surface area contributed by atoms with Crippen LogP contribution in [0.4, 0.5) is 0 Å². The molecule has 0 aromatic carbocycles. The molecule has 2 rings (SSSR count). The fraction of sp³-hybridized carbons (Fsp3) is 0.917. The first kappa shape index (κ1) is 10.9. The lowest BCUT2D eigenvalue weighted by atomic mass is 9.51. The zero-order valence-electron chi connectivity index (χ0n) is 9.58. The molecule has 1 aliphatic carbocycles. The van der Waals surface area contributed by atoms with Crippen molar-refractivity contribution in [2.75, 3.05) is 13.2 Å². The molecule has 0 spiro atoms. The molecule has 2 aliphatic rings. The van der Waals surface area contributed by atoms with E-state index in [0.29, 0.717) is 5.92 Å². The number of hydrogen-bond donors (Lipinski definition) is 1. The van der Waals surface area contributed by atoms with E-state index in [-0.39, 0.29) is 17.3 Å². The minimum Gasteiger partial charge on any atom is -0.481 e. The first-order valence-electron chi connectivity index (χ1n) is 5.77. The molecule has 0 amide bonds. The summed E-state index contributed by atoms with van der Waals surface area (Å²) in [7, 11) is 0. The molecule has 15 heavy (non-hydrogen) atoms. The van der Waals surface area contributed by atoms with Gasteiger partial charge in [0.2, 0.25) is 0 Å². The largest absolute Gasteiger partial charge is 0.481 e. The van der Waals surface area contributed by atoms with Crippen LogP contribution in [-0.2, 0) is 9.53 Å². The van der Waals surface area contributed by atoms with Gasteiger partial charge >= 0.3 is 5.97 Å². The Kier molecular flexibility index (Phi) is 2.53. The summed E-state index contributed by atoms with van der Waals surface area (Å²) in [5.74, 6) is 0.00574. The van der Waals surface area contributed by atoms with Gasteiger partial charge in [-0.2, -0.15) is 0 Å².